The molecule has 2 bridgehead atoms. The lowest BCUT2D eigenvalue weighted by Gasteiger charge is -2.42. The quantitative estimate of drug-likeness (QED) is 0.598. The highest BCUT2D eigenvalue weighted by atomic mass is 19.1. The van der Waals surface area contributed by atoms with Crippen LogP contribution in [-0.2, 0) is 10.3 Å². The second-order valence-corrected chi connectivity index (χ2v) is 10.2. The van der Waals surface area contributed by atoms with Gasteiger partial charge in [-0.25, -0.2) is 4.39 Å². The second kappa shape index (κ2) is 7.11. The fraction of sp³-hybridized carbons (Fsp3) is 0.500. The van der Waals surface area contributed by atoms with Gasteiger partial charge in [0.25, 0.3) is 11.5 Å². The number of halogens is 1. The highest BCUT2D eigenvalue weighted by molar-refractivity contribution is 6.07. The maximum absolute atomic E-state index is 13.5. The van der Waals surface area contributed by atoms with Gasteiger partial charge in [-0.05, 0) is 39.0 Å². The number of ether oxygens (including phenoxy) is 2. The average Bonchev–Trinajstić information content (AvgIpc) is 3.08. The van der Waals surface area contributed by atoms with Crippen LogP contribution in [0, 0.1) is 0 Å². The minimum absolute atomic E-state index is 0.0774. The summed E-state index contributed by atoms with van der Waals surface area (Å²) in [5.41, 5.74) is 0.0451. The molecule has 34 heavy (non-hydrogen) atoms. The van der Waals surface area contributed by atoms with E-state index < -0.39 is 23.7 Å². The second-order valence-electron chi connectivity index (χ2n) is 10.2. The van der Waals surface area contributed by atoms with E-state index in [2.05, 4.69) is 22.3 Å². The van der Waals surface area contributed by atoms with E-state index in [0.717, 1.165) is 12.8 Å². The minimum Gasteiger partial charge on any atom is -0.474 e. The molecule has 1 N–H and O–H groups in total. The molecule has 2 aliphatic carbocycles. The zero-order chi connectivity index (χ0) is 23.8. The molecule has 0 spiro atoms. The number of nitrogens with zero attached hydrogens (tertiary/aromatic N) is 4. The number of hydrogen-bond donors (Lipinski definition) is 1. The van der Waals surface area contributed by atoms with Crippen LogP contribution in [0.4, 0.5) is 10.1 Å². The predicted octanol–water partition coefficient (Wildman–Crippen LogP) is 3.19. The summed E-state index contributed by atoms with van der Waals surface area (Å²) in [6.45, 7) is 6.39. The summed E-state index contributed by atoms with van der Waals surface area (Å²) in [5, 5.41) is 8.03. The van der Waals surface area contributed by atoms with Gasteiger partial charge in [0.15, 0.2) is 5.65 Å². The van der Waals surface area contributed by atoms with E-state index in [1.165, 1.54) is 16.8 Å². The first kappa shape index (κ1) is 21.3. The number of anilines is 1. The lowest BCUT2D eigenvalue weighted by atomic mass is 9.69. The molecular formula is C24H26FN5O4. The number of carbonyl (C=O) groups is 1. The average molecular weight is 468 g/mol. The molecular weight excluding hydrogens is 441 g/mol. The Balaban J connectivity index is 1.35. The van der Waals surface area contributed by atoms with Crippen molar-refractivity contribution in [2.24, 2.45) is 0 Å². The van der Waals surface area contributed by atoms with Gasteiger partial charge in [0.1, 0.15) is 17.4 Å². The zero-order valence-corrected chi connectivity index (χ0v) is 19.2. The number of rotatable bonds is 6. The van der Waals surface area contributed by atoms with Crippen molar-refractivity contribution < 1.29 is 18.7 Å². The number of hydrogen-bond acceptors (Lipinski definition) is 6. The highest BCUT2D eigenvalue weighted by Crippen LogP contribution is 2.55. The van der Waals surface area contributed by atoms with E-state index in [-0.39, 0.29) is 34.4 Å². The van der Waals surface area contributed by atoms with Gasteiger partial charge in [0.05, 0.1) is 29.9 Å². The maximum atomic E-state index is 13.5. The Morgan fingerprint density at radius 1 is 1.38 bits per heavy atom. The molecule has 178 valence electrons. The maximum Gasteiger partial charge on any atom is 0.274 e. The van der Waals surface area contributed by atoms with Crippen LogP contribution >= 0.6 is 0 Å². The first-order chi connectivity index (χ1) is 16.2. The topological polar surface area (TPSA) is 100 Å². The molecule has 2 unspecified atom stereocenters. The Bertz CT molecular complexity index is 1370. The Morgan fingerprint density at radius 3 is 2.79 bits per heavy atom. The molecule has 4 aliphatic rings. The van der Waals surface area contributed by atoms with Crippen molar-refractivity contribution >= 4 is 22.6 Å². The number of fused-ring (bicyclic) bond motifs is 2. The van der Waals surface area contributed by atoms with Gasteiger partial charge in [-0.3, -0.25) is 14.3 Å². The number of nitrogens with one attached hydrogen (secondary N) is 1. The number of carbonyl (C=O) groups excluding carboxylic acids is 1. The van der Waals surface area contributed by atoms with Crippen LogP contribution < -0.4 is 15.6 Å². The van der Waals surface area contributed by atoms with Crippen LogP contribution in [0.5, 0.6) is 5.88 Å². The zero-order valence-electron chi connectivity index (χ0n) is 19.2. The van der Waals surface area contributed by atoms with Crippen LogP contribution in [0.15, 0.2) is 35.4 Å². The molecule has 3 aromatic heterocycles. The molecule has 0 aromatic carbocycles. The minimum atomic E-state index is -1.03. The van der Waals surface area contributed by atoms with E-state index in [0.29, 0.717) is 24.1 Å². The van der Waals surface area contributed by atoms with Crippen molar-refractivity contribution in [3.63, 3.8) is 0 Å². The Labute approximate surface area is 194 Å². The summed E-state index contributed by atoms with van der Waals surface area (Å²) in [5.74, 6) is -0.384. The first-order valence-electron chi connectivity index (χ1n) is 11.5. The largest absolute Gasteiger partial charge is 0.474 e. The van der Waals surface area contributed by atoms with Gasteiger partial charge in [-0.2, -0.15) is 10.1 Å². The van der Waals surface area contributed by atoms with Gasteiger partial charge in [0.2, 0.25) is 5.88 Å². The molecule has 10 heteroatoms. The van der Waals surface area contributed by atoms with Crippen molar-refractivity contribution in [3.8, 4) is 5.88 Å². The van der Waals surface area contributed by atoms with Crippen LogP contribution in [0.2, 0.25) is 0 Å². The highest BCUT2D eigenvalue weighted by Gasteiger charge is 2.61. The summed E-state index contributed by atoms with van der Waals surface area (Å²) < 4.78 is 28.5. The molecule has 3 aromatic rings. The van der Waals surface area contributed by atoms with Gasteiger partial charge in [-0.15, -0.1) is 0 Å². The molecule has 2 saturated carbocycles. The molecule has 4 fully saturated rings. The summed E-state index contributed by atoms with van der Waals surface area (Å²) in [7, 11) is 0. The molecule has 2 atom stereocenters. The third kappa shape index (κ3) is 3.31. The van der Waals surface area contributed by atoms with Gasteiger partial charge in [0, 0.05) is 37.0 Å². The first-order valence-corrected chi connectivity index (χ1v) is 11.5. The monoisotopic (exact) mass is 467 g/mol. The SMILES string of the molecule is CC(C)Oc1nc2nn(C34COC(C)(C3)C4)cc2cc1C(=O)Nc1cccn(C2CC2F)c1=O. The molecule has 2 saturated heterocycles. The lowest BCUT2D eigenvalue weighted by Crippen LogP contribution is -2.49. The number of pyridine rings is 2. The lowest BCUT2D eigenvalue weighted by molar-refractivity contribution is 0.00381. The van der Waals surface area contributed by atoms with Crippen LogP contribution in [0.25, 0.3) is 11.0 Å². The van der Waals surface area contributed by atoms with Crippen LogP contribution in [-0.4, -0.2) is 49.7 Å². The smallest absolute Gasteiger partial charge is 0.274 e. The predicted molar refractivity (Wildman–Crippen MR) is 122 cm³/mol. The number of alkyl halides is 1. The molecule has 0 radical (unpaired) electrons. The van der Waals surface area contributed by atoms with E-state index in [4.69, 9.17) is 9.47 Å². The van der Waals surface area contributed by atoms with Gasteiger partial charge < -0.3 is 19.4 Å². The normalized spacial score (nSPS) is 29.3. The Kier molecular flexibility index (Phi) is 4.45. The van der Waals surface area contributed by atoms with Crippen molar-refractivity contribution in [2.75, 3.05) is 11.9 Å². The van der Waals surface area contributed by atoms with Crippen molar-refractivity contribution in [3.05, 3.63) is 46.5 Å². The fourth-order valence-electron chi connectivity index (χ4n) is 5.24. The Morgan fingerprint density at radius 2 is 2.15 bits per heavy atom. The summed E-state index contributed by atoms with van der Waals surface area (Å²) in [4.78, 5) is 30.5. The molecule has 1 amide bonds. The van der Waals surface area contributed by atoms with E-state index in [1.54, 1.807) is 12.1 Å². The van der Waals surface area contributed by atoms with Crippen LogP contribution in [0.3, 0.4) is 0 Å². The third-order valence-corrected chi connectivity index (χ3v) is 6.89. The molecule has 2 aliphatic heterocycles. The third-order valence-electron chi connectivity index (χ3n) is 6.89. The van der Waals surface area contributed by atoms with Gasteiger partial charge >= 0.3 is 0 Å². The van der Waals surface area contributed by atoms with Crippen LogP contribution in [0.1, 0.15) is 56.4 Å². The molecule has 5 heterocycles. The van der Waals surface area contributed by atoms with Gasteiger partial charge in [-0.1, -0.05) is 0 Å². The Hall–Kier alpha value is -3.27. The summed E-state index contributed by atoms with van der Waals surface area (Å²) in [6.07, 6.45) is 4.25. The van der Waals surface area contributed by atoms with E-state index in [1.807, 2.05) is 24.7 Å². The van der Waals surface area contributed by atoms with Crippen molar-refractivity contribution in [2.45, 2.75) is 69.5 Å². The number of amides is 1. The van der Waals surface area contributed by atoms with Crippen molar-refractivity contribution in [1.82, 2.24) is 19.3 Å². The number of aromatic nitrogens is 4. The van der Waals surface area contributed by atoms with E-state index in [9.17, 15) is 14.0 Å². The fourth-order valence-corrected chi connectivity index (χ4v) is 5.24. The standard InChI is InChI=1S/C24H26FN5O4/c1-13(2)34-21-15(20(31)26-17-5-4-6-29(22(17)32)18-8-16(18)25)7-14-9-30(28-19(14)27-21)24-10-23(3,11-24)33-12-24/h4-7,9,13,16,18H,8,10-12H2,1-3H3,(H,26,31). The van der Waals surface area contributed by atoms with E-state index >= 15 is 0 Å². The summed E-state index contributed by atoms with van der Waals surface area (Å²) in [6, 6.07) is 4.34. The summed E-state index contributed by atoms with van der Waals surface area (Å²) >= 11 is 0. The molecule has 7 rings (SSSR count). The van der Waals surface area contributed by atoms with Crippen molar-refractivity contribution in [1.29, 1.82) is 0 Å². The molecule has 9 nitrogen and oxygen atoms in total.